The third-order valence-electron chi connectivity index (χ3n) is 5.40. The summed E-state index contributed by atoms with van der Waals surface area (Å²) in [4.78, 5) is 41.1. The smallest absolute Gasteiger partial charge is 0.269 e. The highest BCUT2D eigenvalue weighted by Crippen LogP contribution is 2.24. The molecule has 168 valence electrons. The van der Waals surface area contributed by atoms with Gasteiger partial charge in [0.25, 0.3) is 11.8 Å². The molecule has 3 aromatic rings. The average Bonchev–Trinajstić information content (AvgIpc) is 3.30. The summed E-state index contributed by atoms with van der Waals surface area (Å²) in [6, 6.07) is 8.61. The van der Waals surface area contributed by atoms with Crippen molar-refractivity contribution in [3.8, 4) is 17.7 Å². The monoisotopic (exact) mass is 446 g/mol. The molecule has 4 rings (SSSR count). The Bertz CT molecular complexity index is 1350. The van der Waals surface area contributed by atoms with Gasteiger partial charge < -0.3 is 21.1 Å². The number of nitrogens with two attached hydrogens (primary N) is 1. The third-order valence-corrected chi connectivity index (χ3v) is 5.40. The molecule has 1 atom stereocenters. The Morgan fingerprint density at radius 3 is 2.76 bits per heavy atom. The molecule has 0 aliphatic carbocycles. The normalized spacial score (nSPS) is 17.7. The van der Waals surface area contributed by atoms with Crippen molar-refractivity contribution in [3.05, 3.63) is 53.3 Å². The van der Waals surface area contributed by atoms with Gasteiger partial charge in [0, 0.05) is 50.6 Å². The Kier molecular flexibility index (Phi) is 5.57. The van der Waals surface area contributed by atoms with Crippen LogP contribution in [0.3, 0.4) is 0 Å². The van der Waals surface area contributed by atoms with Crippen LogP contribution in [0.2, 0.25) is 0 Å². The number of hydrogen-bond acceptors (Lipinski definition) is 6. The zero-order valence-corrected chi connectivity index (χ0v) is 18.1. The molecule has 0 saturated carbocycles. The van der Waals surface area contributed by atoms with Gasteiger partial charge in [-0.15, -0.1) is 0 Å². The van der Waals surface area contributed by atoms with Crippen molar-refractivity contribution < 1.29 is 19.5 Å². The molecule has 4 N–H and O–H groups in total. The van der Waals surface area contributed by atoms with E-state index in [1.807, 2.05) is 6.07 Å². The van der Waals surface area contributed by atoms with E-state index in [1.54, 1.807) is 31.3 Å². The van der Waals surface area contributed by atoms with Crippen LogP contribution in [0.25, 0.3) is 16.7 Å². The number of primary amides is 1. The summed E-state index contributed by atoms with van der Waals surface area (Å²) in [6.45, 7) is 2.16. The van der Waals surface area contributed by atoms with E-state index in [0.717, 1.165) is 5.56 Å². The fourth-order valence-electron chi connectivity index (χ4n) is 3.62. The average molecular weight is 446 g/mol. The van der Waals surface area contributed by atoms with Crippen molar-refractivity contribution in [3.63, 3.8) is 0 Å². The lowest BCUT2D eigenvalue weighted by atomic mass is 10.0. The number of amides is 3. The van der Waals surface area contributed by atoms with Gasteiger partial charge in [-0.1, -0.05) is 17.9 Å². The number of carbonyl (C=O) groups is 3. The molecule has 1 saturated heterocycles. The first-order valence-corrected chi connectivity index (χ1v) is 10.2. The van der Waals surface area contributed by atoms with Crippen LogP contribution in [0, 0.1) is 11.8 Å². The van der Waals surface area contributed by atoms with Gasteiger partial charge in [-0.25, -0.2) is 9.67 Å². The van der Waals surface area contributed by atoms with E-state index in [2.05, 4.69) is 27.2 Å². The Morgan fingerprint density at radius 1 is 1.30 bits per heavy atom. The maximum Gasteiger partial charge on any atom is 0.269 e. The molecular formula is C23H22N6O4. The molecule has 1 fully saturated rings. The second-order valence-electron chi connectivity index (χ2n) is 7.88. The second kappa shape index (κ2) is 8.37. The lowest BCUT2D eigenvalue weighted by molar-refractivity contribution is -0.137. The number of aromatic nitrogens is 3. The van der Waals surface area contributed by atoms with Crippen LogP contribution in [-0.4, -0.2) is 61.7 Å². The largest absolute Gasteiger partial charge is 0.369 e. The van der Waals surface area contributed by atoms with Crippen LogP contribution in [-0.2, 0) is 16.1 Å². The Morgan fingerprint density at radius 2 is 2.09 bits per heavy atom. The van der Waals surface area contributed by atoms with Crippen LogP contribution in [0.1, 0.15) is 35.0 Å². The molecule has 0 spiro atoms. The van der Waals surface area contributed by atoms with Crippen molar-refractivity contribution in [2.45, 2.75) is 25.5 Å². The number of rotatable bonds is 4. The van der Waals surface area contributed by atoms with E-state index >= 15 is 0 Å². The zero-order chi connectivity index (χ0) is 23.8. The number of carbonyl (C=O) groups excluding carboxylic acids is 3. The molecule has 2 aromatic heterocycles. The number of hydrogen-bond donors (Lipinski definition) is 3. The second-order valence-corrected chi connectivity index (χ2v) is 7.88. The molecule has 1 aromatic carbocycles. The predicted octanol–water partition coefficient (Wildman–Crippen LogP) is 0.100. The Labute approximate surface area is 189 Å². The number of fused-ring (bicyclic) bond motifs is 1. The highest BCUT2D eigenvalue weighted by Gasteiger charge is 2.42. The summed E-state index contributed by atoms with van der Waals surface area (Å²) in [5.41, 5.74) is 5.80. The van der Waals surface area contributed by atoms with E-state index in [-0.39, 0.29) is 18.0 Å². The standard InChI is InChI=1S/C23H22N6O4/c1-14(30)26-13-16-3-4-18-17(11-16)20(21(24)31)27-29(18)19-12-15(6-9-25-19)5-7-23(33)8-10-28(2)22(23)32/h3-4,6,9,11-12,33H,8,10,13H2,1-2H3,(H2,24,31)(H,26,30)/t23-/m0/s1. The molecule has 10 nitrogen and oxygen atoms in total. The molecule has 0 unspecified atom stereocenters. The highest BCUT2D eigenvalue weighted by atomic mass is 16.3. The van der Waals surface area contributed by atoms with Crippen LogP contribution >= 0.6 is 0 Å². The minimum absolute atomic E-state index is 0.0712. The summed E-state index contributed by atoms with van der Waals surface area (Å²) in [5, 5.41) is 18.1. The summed E-state index contributed by atoms with van der Waals surface area (Å²) in [6.07, 6.45) is 1.76. The van der Waals surface area contributed by atoms with E-state index in [9.17, 15) is 19.5 Å². The number of aliphatic hydroxyl groups is 1. The number of likely N-dealkylation sites (N-methyl/N-ethyl adjacent to an activating group) is 1. The molecule has 3 amide bonds. The molecule has 3 heterocycles. The van der Waals surface area contributed by atoms with Crippen LogP contribution in [0.5, 0.6) is 0 Å². The maximum atomic E-state index is 12.1. The third kappa shape index (κ3) is 4.26. The van der Waals surface area contributed by atoms with Crippen molar-refractivity contribution >= 4 is 28.6 Å². The zero-order valence-electron chi connectivity index (χ0n) is 18.1. The van der Waals surface area contributed by atoms with Gasteiger partial charge in [-0.3, -0.25) is 14.4 Å². The molecule has 0 radical (unpaired) electrons. The molecule has 10 heteroatoms. The quantitative estimate of drug-likeness (QED) is 0.485. The molecule has 33 heavy (non-hydrogen) atoms. The Balaban J connectivity index is 1.73. The predicted molar refractivity (Wildman–Crippen MR) is 119 cm³/mol. The van der Waals surface area contributed by atoms with Gasteiger partial charge in [0.05, 0.1) is 5.52 Å². The number of likely N-dealkylation sites (tertiary alicyclic amines) is 1. The first kappa shape index (κ1) is 22.0. The topological polar surface area (TPSA) is 143 Å². The van der Waals surface area contributed by atoms with E-state index in [1.165, 1.54) is 22.7 Å². The minimum atomic E-state index is -1.71. The number of benzene rings is 1. The summed E-state index contributed by atoms with van der Waals surface area (Å²) < 4.78 is 1.48. The first-order valence-electron chi connectivity index (χ1n) is 10.2. The van der Waals surface area contributed by atoms with Gasteiger partial charge in [-0.2, -0.15) is 5.10 Å². The van der Waals surface area contributed by atoms with Crippen molar-refractivity contribution in [2.75, 3.05) is 13.6 Å². The summed E-state index contributed by atoms with van der Waals surface area (Å²) in [5.74, 6) is 4.61. The van der Waals surface area contributed by atoms with Gasteiger partial charge in [0.1, 0.15) is 0 Å². The Hall–Kier alpha value is -4.23. The van der Waals surface area contributed by atoms with Gasteiger partial charge >= 0.3 is 0 Å². The van der Waals surface area contributed by atoms with Crippen molar-refractivity contribution in [2.24, 2.45) is 5.73 Å². The van der Waals surface area contributed by atoms with Gasteiger partial charge in [0.2, 0.25) is 11.5 Å². The fraction of sp³-hybridized carbons (Fsp3) is 0.261. The van der Waals surface area contributed by atoms with Gasteiger partial charge in [0.15, 0.2) is 11.5 Å². The van der Waals surface area contributed by atoms with E-state index in [0.29, 0.717) is 35.4 Å². The number of pyridine rings is 1. The highest BCUT2D eigenvalue weighted by molar-refractivity contribution is 6.04. The lowest BCUT2D eigenvalue weighted by Crippen LogP contribution is -2.37. The molecule has 1 aliphatic rings. The summed E-state index contributed by atoms with van der Waals surface area (Å²) >= 11 is 0. The number of nitrogens with zero attached hydrogens (tertiary/aromatic N) is 4. The number of nitrogens with one attached hydrogen (secondary N) is 1. The molecular weight excluding hydrogens is 424 g/mol. The van der Waals surface area contributed by atoms with Crippen molar-refractivity contribution in [1.29, 1.82) is 0 Å². The molecule has 0 bridgehead atoms. The maximum absolute atomic E-state index is 12.1. The SMILES string of the molecule is CC(=O)NCc1ccc2c(c1)c(C(N)=O)nn2-c1cc(C#C[C@]2(O)CCN(C)C2=O)ccn1. The first-order chi connectivity index (χ1) is 15.7. The van der Waals surface area contributed by atoms with Gasteiger partial charge in [-0.05, 0) is 29.8 Å². The van der Waals surface area contributed by atoms with Crippen LogP contribution in [0.4, 0.5) is 0 Å². The van der Waals surface area contributed by atoms with Crippen LogP contribution in [0.15, 0.2) is 36.5 Å². The van der Waals surface area contributed by atoms with Crippen molar-refractivity contribution in [1.82, 2.24) is 25.0 Å². The minimum Gasteiger partial charge on any atom is -0.369 e. The fourth-order valence-corrected chi connectivity index (χ4v) is 3.62. The van der Waals surface area contributed by atoms with E-state index < -0.39 is 17.4 Å². The van der Waals surface area contributed by atoms with Crippen LogP contribution < -0.4 is 11.1 Å². The molecule has 1 aliphatic heterocycles. The summed E-state index contributed by atoms with van der Waals surface area (Å²) in [7, 11) is 1.62. The lowest BCUT2D eigenvalue weighted by Gasteiger charge is -2.13. The van der Waals surface area contributed by atoms with E-state index in [4.69, 9.17) is 5.73 Å².